The topological polar surface area (TPSA) is 131 Å². The number of nitrogens with zero attached hydrogens (tertiary/aromatic N) is 3. The molecule has 0 bridgehead atoms. The Balaban J connectivity index is 0.00000274. The Hall–Kier alpha value is -2.16. The summed E-state index contributed by atoms with van der Waals surface area (Å²) in [4.78, 5) is 20.0. The van der Waals surface area contributed by atoms with Crippen LogP contribution in [0.5, 0.6) is 11.5 Å². The Labute approximate surface area is 207 Å². The van der Waals surface area contributed by atoms with Crippen LogP contribution >= 0.6 is 23.7 Å². The first-order chi connectivity index (χ1) is 15.9. The van der Waals surface area contributed by atoms with Crippen LogP contribution in [0, 0.1) is 0 Å². The third-order valence-electron chi connectivity index (χ3n) is 6.31. The van der Waals surface area contributed by atoms with Crippen molar-refractivity contribution in [3.05, 3.63) is 24.4 Å². The standard InChI is InChI=1S/C20H24N4O7S2.ClH/c25-18(22-26)20(3-9-29-10-4-20)33(27,28)24-7-5-23(6-8-24)19-21-12-17(32-19)14-1-2-15-16(11-14)31-13-30-15;/h1-2,11-12,26H,3-10,13H2,(H,22,25);1H. The van der Waals surface area contributed by atoms with Gasteiger partial charge in [-0.15, -0.1) is 12.4 Å². The molecule has 0 atom stereocenters. The van der Waals surface area contributed by atoms with E-state index in [1.807, 2.05) is 23.1 Å². The number of hydrogen-bond donors (Lipinski definition) is 2. The number of carbonyl (C=O) groups is 1. The summed E-state index contributed by atoms with van der Waals surface area (Å²) >= 11 is 1.52. The van der Waals surface area contributed by atoms with E-state index in [-0.39, 0.29) is 58.3 Å². The van der Waals surface area contributed by atoms with E-state index in [4.69, 9.17) is 14.2 Å². The molecule has 0 saturated carbocycles. The number of sulfonamides is 1. The molecule has 34 heavy (non-hydrogen) atoms. The monoisotopic (exact) mass is 532 g/mol. The molecule has 0 radical (unpaired) electrons. The normalized spacial score (nSPS) is 20.0. The van der Waals surface area contributed by atoms with Gasteiger partial charge in [0, 0.05) is 58.4 Å². The zero-order valence-corrected chi connectivity index (χ0v) is 20.6. The number of anilines is 1. The summed E-state index contributed by atoms with van der Waals surface area (Å²) in [7, 11) is -4.00. The number of halogens is 1. The number of nitrogens with one attached hydrogen (secondary N) is 1. The van der Waals surface area contributed by atoms with Gasteiger partial charge in [0.15, 0.2) is 21.4 Å². The molecule has 3 aliphatic heterocycles. The number of aromatic nitrogens is 1. The minimum absolute atomic E-state index is 0. The summed E-state index contributed by atoms with van der Waals surface area (Å²) in [5.41, 5.74) is 2.53. The number of rotatable bonds is 5. The average molecular weight is 533 g/mol. The SMILES string of the molecule is Cl.O=C(NO)C1(S(=O)(=O)N2CCN(c3ncc(-c4ccc5c(c4)OCO5)s3)CC2)CCOCC1. The van der Waals surface area contributed by atoms with E-state index < -0.39 is 20.7 Å². The molecule has 1 aromatic carbocycles. The van der Waals surface area contributed by atoms with Crippen molar-refractivity contribution >= 4 is 44.8 Å². The van der Waals surface area contributed by atoms with Crippen LogP contribution in [0.25, 0.3) is 10.4 Å². The average Bonchev–Trinajstić information content (AvgIpc) is 3.53. The fraction of sp³-hybridized carbons (Fsp3) is 0.500. The smallest absolute Gasteiger partial charge is 0.266 e. The van der Waals surface area contributed by atoms with Crippen LogP contribution in [0.4, 0.5) is 5.13 Å². The number of fused-ring (bicyclic) bond motifs is 1. The Morgan fingerprint density at radius 2 is 1.82 bits per heavy atom. The molecule has 0 aliphatic carbocycles. The second-order valence-corrected chi connectivity index (χ2v) is 11.3. The third-order valence-corrected chi connectivity index (χ3v) is 10.0. The highest BCUT2D eigenvalue weighted by molar-refractivity contribution is 7.91. The first-order valence-electron chi connectivity index (χ1n) is 10.6. The summed E-state index contributed by atoms with van der Waals surface area (Å²) < 4.78 is 42.6. The maximum atomic E-state index is 13.4. The second kappa shape index (κ2) is 9.84. The van der Waals surface area contributed by atoms with E-state index in [0.717, 1.165) is 21.3 Å². The van der Waals surface area contributed by atoms with Crippen molar-refractivity contribution < 1.29 is 32.6 Å². The zero-order valence-electron chi connectivity index (χ0n) is 18.1. The highest BCUT2D eigenvalue weighted by Crippen LogP contribution is 2.39. The lowest BCUT2D eigenvalue weighted by Gasteiger charge is -2.41. The van der Waals surface area contributed by atoms with Crippen molar-refractivity contribution in [3.8, 4) is 21.9 Å². The van der Waals surface area contributed by atoms with Gasteiger partial charge in [-0.2, -0.15) is 4.31 Å². The van der Waals surface area contributed by atoms with Gasteiger partial charge in [0.1, 0.15) is 0 Å². The summed E-state index contributed by atoms with van der Waals surface area (Å²) in [5.74, 6) is 0.523. The molecule has 4 heterocycles. The maximum Gasteiger partial charge on any atom is 0.266 e. The van der Waals surface area contributed by atoms with Crippen molar-refractivity contribution in [1.29, 1.82) is 0 Å². The summed E-state index contributed by atoms with van der Waals surface area (Å²) in [6, 6.07) is 5.74. The van der Waals surface area contributed by atoms with Crippen molar-refractivity contribution in [2.24, 2.45) is 0 Å². The van der Waals surface area contributed by atoms with Crippen LogP contribution < -0.4 is 19.9 Å². The van der Waals surface area contributed by atoms with Crippen molar-refractivity contribution in [3.63, 3.8) is 0 Å². The predicted octanol–water partition coefficient (Wildman–Crippen LogP) is 1.47. The van der Waals surface area contributed by atoms with Gasteiger partial charge in [-0.25, -0.2) is 18.9 Å². The molecular weight excluding hydrogens is 508 g/mol. The quantitative estimate of drug-likeness (QED) is 0.434. The lowest BCUT2D eigenvalue weighted by atomic mass is 9.98. The minimum atomic E-state index is -4.00. The first-order valence-corrected chi connectivity index (χ1v) is 12.8. The number of carbonyl (C=O) groups excluding carboxylic acids is 1. The van der Waals surface area contributed by atoms with Crippen LogP contribution in [-0.2, 0) is 19.6 Å². The van der Waals surface area contributed by atoms with Crippen LogP contribution in [-0.4, -0.2) is 79.8 Å². The summed E-state index contributed by atoms with van der Waals surface area (Å²) in [5, 5.41) is 10.00. The van der Waals surface area contributed by atoms with E-state index in [1.54, 1.807) is 11.7 Å². The number of amides is 1. The van der Waals surface area contributed by atoms with E-state index in [1.165, 1.54) is 15.6 Å². The van der Waals surface area contributed by atoms with Crippen LogP contribution in [0.3, 0.4) is 0 Å². The molecule has 1 amide bonds. The van der Waals surface area contributed by atoms with Gasteiger partial charge in [-0.1, -0.05) is 11.3 Å². The fourth-order valence-electron chi connectivity index (χ4n) is 4.37. The maximum absolute atomic E-state index is 13.4. The molecule has 14 heteroatoms. The molecular formula is C20H25ClN4O7S2. The van der Waals surface area contributed by atoms with E-state index in [0.29, 0.717) is 18.8 Å². The molecule has 0 unspecified atom stereocenters. The number of hydroxylamine groups is 1. The Kier molecular flexibility index (Phi) is 7.22. The first kappa shape index (κ1) is 24.9. The molecule has 5 rings (SSSR count). The van der Waals surface area contributed by atoms with E-state index >= 15 is 0 Å². The van der Waals surface area contributed by atoms with Gasteiger partial charge in [-0.3, -0.25) is 10.0 Å². The molecule has 2 aromatic rings. The zero-order chi connectivity index (χ0) is 23.1. The Morgan fingerprint density at radius 1 is 1.12 bits per heavy atom. The Morgan fingerprint density at radius 3 is 2.53 bits per heavy atom. The molecule has 2 fully saturated rings. The highest BCUT2D eigenvalue weighted by Gasteiger charge is 2.54. The molecule has 11 nitrogen and oxygen atoms in total. The van der Waals surface area contributed by atoms with Crippen LogP contribution in [0.15, 0.2) is 24.4 Å². The van der Waals surface area contributed by atoms with Crippen molar-refractivity contribution in [2.45, 2.75) is 17.6 Å². The predicted molar refractivity (Wildman–Crippen MR) is 126 cm³/mol. The number of ether oxygens (including phenoxy) is 3. The van der Waals surface area contributed by atoms with Gasteiger partial charge in [-0.05, 0) is 23.8 Å². The molecule has 0 spiro atoms. The van der Waals surface area contributed by atoms with Gasteiger partial charge >= 0.3 is 0 Å². The third kappa shape index (κ3) is 4.20. The van der Waals surface area contributed by atoms with Crippen LogP contribution in [0.2, 0.25) is 0 Å². The number of thiazole rings is 1. The lowest BCUT2D eigenvalue weighted by molar-refractivity contribution is -0.134. The van der Waals surface area contributed by atoms with Gasteiger partial charge in [0.2, 0.25) is 16.8 Å². The van der Waals surface area contributed by atoms with E-state index in [2.05, 4.69) is 4.98 Å². The molecule has 186 valence electrons. The van der Waals surface area contributed by atoms with Crippen molar-refractivity contribution in [1.82, 2.24) is 14.8 Å². The summed E-state index contributed by atoms with van der Waals surface area (Å²) in [6.45, 7) is 1.85. The minimum Gasteiger partial charge on any atom is -0.454 e. The highest BCUT2D eigenvalue weighted by atomic mass is 35.5. The second-order valence-electron chi connectivity index (χ2n) is 8.01. The molecule has 2 N–H and O–H groups in total. The van der Waals surface area contributed by atoms with Gasteiger partial charge < -0.3 is 19.1 Å². The number of piperazine rings is 1. The largest absolute Gasteiger partial charge is 0.454 e. The molecule has 3 aliphatic rings. The Bertz CT molecular complexity index is 1150. The van der Waals surface area contributed by atoms with E-state index in [9.17, 15) is 18.4 Å². The van der Waals surface area contributed by atoms with Gasteiger partial charge in [0.25, 0.3) is 5.91 Å². The number of hydrogen-bond acceptors (Lipinski definition) is 10. The summed E-state index contributed by atoms with van der Waals surface area (Å²) in [6.07, 6.45) is 1.81. The lowest BCUT2D eigenvalue weighted by Crippen LogP contribution is -2.62. The van der Waals surface area contributed by atoms with Crippen LogP contribution in [0.1, 0.15) is 12.8 Å². The number of benzene rings is 1. The molecule has 1 aromatic heterocycles. The molecule has 2 saturated heterocycles. The van der Waals surface area contributed by atoms with Crippen molar-refractivity contribution in [2.75, 3.05) is 51.1 Å². The fourth-order valence-corrected chi connectivity index (χ4v) is 7.43. The van der Waals surface area contributed by atoms with Gasteiger partial charge in [0.05, 0.1) is 4.88 Å².